The summed E-state index contributed by atoms with van der Waals surface area (Å²) >= 11 is 0. The second kappa shape index (κ2) is 7.48. The van der Waals surface area contributed by atoms with Gasteiger partial charge >= 0.3 is 8.80 Å². The Balaban J connectivity index is 5.25. The third-order valence-corrected chi connectivity index (χ3v) is 6.43. The van der Waals surface area contributed by atoms with Crippen LogP contribution in [0.3, 0.4) is 0 Å². The Bertz CT molecular complexity index is 192. The molecule has 0 rings (SSSR count). The van der Waals surface area contributed by atoms with Crippen molar-refractivity contribution in [2.24, 2.45) is 0 Å². The van der Waals surface area contributed by atoms with E-state index in [4.69, 9.17) is 13.3 Å². The zero-order chi connectivity index (χ0) is 13.6. The summed E-state index contributed by atoms with van der Waals surface area (Å²) in [7, 11) is 2.43. The summed E-state index contributed by atoms with van der Waals surface area (Å²) in [6, 6.07) is 0.875. The largest absolute Gasteiger partial charge is 0.518 e. The van der Waals surface area contributed by atoms with E-state index in [1.165, 1.54) is 0 Å². The van der Waals surface area contributed by atoms with E-state index in [0.717, 1.165) is 6.42 Å². The average molecular weight is 263 g/mol. The molecule has 0 heterocycles. The summed E-state index contributed by atoms with van der Waals surface area (Å²) in [5.41, 5.74) is 0.197. The number of nitrogens with zero attached hydrogens (tertiary/aromatic N) is 1. The first-order valence-corrected chi connectivity index (χ1v) is 8.13. The lowest BCUT2D eigenvalue weighted by Crippen LogP contribution is -2.64. The van der Waals surface area contributed by atoms with Crippen LogP contribution in [-0.2, 0) is 13.3 Å². The van der Waals surface area contributed by atoms with Gasteiger partial charge in [-0.25, -0.2) is 0 Å². The summed E-state index contributed by atoms with van der Waals surface area (Å²) in [6.07, 6.45) is 0.956. The summed E-state index contributed by atoms with van der Waals surface area (Å²) in [6.45, 7) is 10.9. The van der Waals surface area contributed by atoms with Gasteiger partial charge in [-0.2, -0.15) is 0 Å². The van der Waals surface area contributed by atoms with E-state index in [-0.39, 0.29) is 5.67 Å². The summed E-state index contributed by atoms with van der Waals surface area (Å²) in [5.74, 6) is 0. The third-order valence-electron chi connectivity index (χ3n) is 3.20. The molecular formula is C12H29NO3Si. The predicted octanol–water partition coefficient (Wildman–Crippen LogP) is 2.30. The molecule has 0 radical (unpaired) electrons. The van der Waals surface area contributed by atoms with Crippen molar-refractivity contribution < 1.29 is 13.3 Å². The standard InChI is InChI=1S/C12H29NO3Si/c1-9-12(13(10(2)3)11(4)5)17(14-6,15-7)16-8/h10-12H,9H2,1-8H3. The summed E-state index contributed by atoms with van der Waals surface area (Å²) in [4.78, 5) is 2.42. The van der Waals surface area contributed by atoms with Gasteiger partial charge in [-0.15, -0.1) is 0 Å². The van der Waals surface area contributed by atoms with Crippen molar-refractivity contribution in [3.63, 3.8) is 0 Å². The monoisotopic (exact) mass is 263 g/mol. The van der Waals surface area contributed by atoms with Crippen LogP contribution in [0.25, 0.3) is 0 Å². The zero-order valence-corrected chi connectivity index (χ0v) is 13.6. The summed E-state index contributed by atoms with van der Waals surface area (Å²) in [5, 5.41) is 0. The van der Waals surface area contributed by atoms with Crippen LogP contribution < -0.4 is 0 Å². The van der Waals surface area contributed by atoms with Gasteiger partial charge in [-0.3, -0.25) is 4.90 Å². The lowest BCUT2D eigenvalue weighted by molar-refractivity contribution is 0.0473. The zero-order valence-electron chi connectivity index (χ0n) is 12.6. The van der Waals surface area contributed by atoms with Gasteiger partial charge in [0.2, 0.25) is 0 Å². The van der Waals surface area contributed by atoms with Crippen LogP contribution in [0.2, 0.25) is 0 Å². The highest BCUT2D eigenvalue weighted by molar-refractivity contribution is 6.62. The molecule has 0 aromatic heterocycles. The molecule has 0 saturated heterocycles. The van der Waals surface area contributed by atoms with E-state index in [0.29, 0.717) is 12.1 Å². The van der Waals surface area contributed by atoms with Crippen molar-refractivity contribution in [2.45, 2.75) is 58.8 Å². The van der Waals surface area contributed by atoms with E-state index in [2.05, 4.69) is 39.5 Å². The Hall–Kier alpha value is 0.0569. The second-order valence-corrected chi connectivity index (χ2v) is 7.87. The molecule has 0 aliphatic carbocycles. The third kappa shape index (κ3) is 3.76. The van der Waals surface area contributed by atoms with Gasteiger partial charge in [0.25, 0.3) is 0 Å². The smallest absolute Gasteiger partial charge is 0.376 e. The van der Waals surface area contributed by atoms with Crippen LogP contribution in [-0.4, -0.2) is 52.8 Å². The summed E-state index contributed by atoms with van der Waals surface area (Å²) < 4.78 is 16.9. The highest BCUT2D eigenvalue weighted by Gasteiger charge is 2.50. The van der Waals surface area contributed by atoms with Crippen LogP contribution in [0.4, 0.5) is 0 Å². The highest BCUT2D eigenvalue weighted by atomic mass is 28.4. The minimum Gasteiger partial charge on any atom is -0.376 e. The molecule has 0 aromatic carbocycles. The second-order valence-electron chi connectivity index (χ2n) is 4.77. The van der Waals surface area contributed by atoms with Crippen molar-refractivity contribution in [1.29, 1.82) is 0 Å². The molecule has 104 valence electrons. The maximum absolute atomic E-state index is 5.62. The molecule has 0 amide bonds. The lowest BCUT2D eigenvalue weighted by atomic mass is 10.2. The normalized spacial score (nSPS) is 15.0. The SMILES string of the molecule is CCC(N(C(C)C)C(C)C)[Si](OC)(OC)OC. The fourth-order valence-electron chi connectivity index (χ4n) is 2.62. The first kappa shape index (κ1) is 17.1. The average Bonchev–Trinajstić information content (AvgIpc) is 2.29. The first-order chi connectivity index (χ1) is 7.90. The molecule has 0 spiro atoms. The van der Waals surface area contributed by atoms with Crippen molar-refractivity contribution in [2.75, 3.05) is 21.3 Å². The van der Waals surface area contributed by atoms with Gasteiger partial charge in [-0.1, -0.05) is 6.92 Å². The van der Waals surface area contributed by atoms with Gasteiger partial charge in [-0.05, 0) is 34.1 Å². The Morgan fingerprint density at radius 3 is 1.41 bits per heavy atom. The molecule has 5 heteroatoms. The lowest BCUT2D eigenvalue weighted by Gasteiger charge is -2.43. The topological polar surface area (TPSA) is 30.9 Å². The Morgan fingerprint density at radius 1 is 0.882 bits per heavy atom. The number of rotatable bonds is 8. The van der Waals surface area contributed by atoms with Crippen molar-refractivity contribution in [1.82, 2.24) is 4.90 Å². The van der Waals surface area contributed by atoms with Gasteiger partial charge in [0.15, 0.2) is 0 Å². The van der Waals surface area contributed by atoms with Crippen molar-refractivity contribution in [3.8, 4) is 0 Å². The molecule has 0 aromatic rings. The minimum atomic E-state index is -2.61. The Morgan fingerprint density at radius 2 is 1.24 bits per heavy atom. The van der Waals surface area contributed by atoms with Crippen LogP contribution in [0.1, 0.15) is 41.0 Å². The molecule has 4 nitrogen and oxygen atoms in total. The fraction of sp³-hybridized carbons (Fsp3) is 1.00. The van der Waals surface area contributed by atoms with E-state index >= 15 is 0 Å². The van der Waals surface area contributed by atoms with E-state index < -0.39 is 8.80 Å². The molecule has 0 N–H and O–H groups in total. The maximum atomic E-state index is 5.62. The maximum Gasteiger partial charge on any atom is 0.518 e. The minimum absolute atomic E-state index is 0.197. The molecule has 0 fully saturated rings. The molecular weight excluding hydrogens is 234 g/mol. The highest BCUT2D eigenvalue weighted by Crippen LogP contribution is 2.24. The Labute approximate surface area is 108 Å². The van der Waals surface area contributed by atoms with Gasteiger partial charge in [0, 0.05) is 33.4 Å². The van der Waals surface area contributed by atoms with Crippen molar-refractivity contribution >= 4 is 8.80 Å². The Kier molecular flexibility index (Phi) is 7.51. The van der Waals surface area contributed by atoms with E-state index in [1.54, 1.807) is 21.3 Å². The molecule has 0 aliphatic rings. The molecule has 1 atom stereocenters. The quantitative estimate of drug-likeness (QED) is 0.629. The van der Waals surface area contributed by atoms with Gasteiger partial charge < -0.3 is 13.3 Å². The molecule has 0 aliphatic heterocycles. The molecule has 1 unspecified atom stereocenters. The van der Waals surface area contributed by atoms with Crippen molar-refractivity contribution in [3.05, 3.63) is 0 Å². The van der Waals surface area contributed by atoms with Gasteiger partial charge in [0.05, 0.1) is 5.67 Å². The van der Waals surface area contributed by atoms with Crippen LogP contribution >= 0.6 is 0 Å². The molecule has 17 heavy (non-hydrogen) atoms. The van der Waals surface area contributed by atoms with Gasteiger partial charge in [0.1, 0.15) is 0 Å². The van der Waals surface area contributed by atoms with Crippen LogP contribution in [0.5, 0.6) is 0 Å². The first-order valence-electron chi connectivity index (χ1n) is 6.33. The number of hydrogen-bond acceptors (Lipinski definition) is 4. The van der Waals surface area contributed by atoms with Crippen LogP contribution in [0, 0.1) is 0 Å². The van der Waals surface area contributed by atoms with Crippen LogP contribution in [0.15, 0.2) is 0 Å². The molecule has 0 bridgehead atoms. The number of hydrogen-bond donors (Lipinski definition) is 0. The molecule has 0 saturated carbocycles. The van der Waals surface area contributed by atoms with E-state index in [9.17, 15) is 0 Å². The van der Waals surface area contributed by atoms with E-state index in [1.807, 2.05) is 0 Å². The fourth-order valence-corrected chi connectivity index (χ4v) is 5.40. The predicted molar refractivity (Wildman–Crippen MR) is 73.0 cm³/mol.